The molecule has 1 atom stereocenters. The fourth-order valence-electron chi connectivity index (χ4n) is 2.05. The largest absolute Gasteiger partial charge is 0.460 e. The predicted octanol–water partition coefficient (Wildman–Crippen LogP) is 2.10. The predicted molar refractivity (Wildman–Crippen MR) is 90.7 cm³/mol. The molecular formula is C16H15Cl2N3O3. The van der Waals surface area contributed by atoms with E-state index in [2.05, 4.69) is 4.98 Å². The van der Waals surface area contributed by atoms with Crippen LogP contribution >= 0.6 is 23.2 Å². The van der Waals surface area contributed by atoms with Gasteiger partial charge in [-0.15, -0.1) is 0 Å². The first-order valence-corrected chi connectivity index (χ1v) is 7.73. The molecule has 6 nitrogen and oxygen atoms in total. The zero-order valence-electron chi connectivity index (χ0n) is 12.5. The summed E-state index contributed by atoms with van der Waals surface area (Å²) in [6.45, 7) is -0.0180. The highest BCUT2D eigenvalue weighted by molar-refractivity contribution is 6.32. The highest BCUT2D eigenvalue weighted by Gasteiger charge is 2.16. The van der Waals surface area contributed by atoms with Crippen LogP contribution < -0.4 is 11.5 Å². The Hall–Kier alpha value is -2.15. The first kappa shape index (κ1) is 18.2. The van der Waals surface area contributed by atoms with Crippen molar-refractivity contribution < 1.29 is 14.3 Å². The number of carbonyl (C=O) groups excluding carboxylic acids is 2. The molecule has 0 spiro atoms. The molecule has 0 aliphatic carbocycles. The second-order valence-electron chi connectivity index (χ2n) is 5.10. The Morgan fingerprint density at radius 3 is 2.42 bits per heavy atom. The van der Waals surface area contributed by atoms with Crippen LogP contribution in [-0.4, -0.2) is 22.9 Å². The molecule has 0 aliphatic rings. The minimum absolute atomic E-state index is 0.0180. The van der Waals surface area contributed by atoms with Crippen molar-refractivity contribution in [1.82, 2.24) is 4.98 Å². The Morgan fingerprint density at radius 2 is 1.79 bits per heavy atom. The third kappa shape index (κ3) is 5.19. The zero-order valence-corrected chi connectivity index (χ0v) is 14.1. The van der Waals surface area contributed by atoms with Gasteiger partial charge in [-0.3, -0.25) is 9.59 Å². The fraction of sp³-hybridized carbons (Fsp3) is 0.188. The smallest absolute Gasteiger partial charge is 0.323 e. The fourth-order valence-corrected chi connectivity index (χ4v) is 2.55. The average molecular weight is 368 g/mol. The summed E-state index contributed by atoms with van der Waals surface area (Å²) in [6, 6.07) is 8.83. The number of halogens is 2. The van der Waals surface area contributed by atoms with Gasteiger partial charge in [-0.1, -0.05) is 35.3 Å². The summed E-state index contributed by atoms with van der Waals surface area (Å²) < 4.78 is 5.15. The maximum atomic E-state index is 12.0. The number of nitrogens with zero attached hydrogens (tertiary/aromatic N) is 1. The van der Waals surface area contributed by atoms with E-state index in [0.29, 0.717) is 16.7 Å². The van der Waals surface area contributed by atoms with Crippen molar-refractivity contribution in [2.24, 2.45) is 11.5 Å². The van der Waals surface area contributed by atoms with Crippen LogP contribution in [0.15, 0.2) is 36.4 Å². The molecule has 1 aromatic carbocycles. The summed E-state index contributed by atoms with van der Waals surface area (Å²) in [6.07, 6.45) is 0.220. The van der Waals surface area contributed by atoms with E-state index >= 15 is 0 Å². The lowest BCUT2D eigenvalue weighted by Gasteiger charge is -2.12. The van der Waals surface area contributed by atoms with Crippen molar-refractivity contribution in [3.8, 4) is 0 Å². The number of carbonyl (C=O) groups is 2. The van der Waals surface area contributed by atoms with Gasteiger partial charge in [-0.25, -0.2) is 4.98 Å². The highest BCUT2D eigenvalue weighted by atomic mass is 35.5. The molecule has 126 valence electrons. The third-order valence-electron chi connectivity index (χ3n) is 3.17. The second kappa shape index (κ2) is 8.10. The number of rotatable bonds is 6. The van der Waals surface area contributed by atoms with Crippen LogP contribution in [0.4, 0.5) is 0 Å². The number of benzene rings is 1. The summed E-state index contributed by atoms with van der Waals surface area (Å²) in [5, 5.41) is 0.419. The Balaban J connectivity index is 1.94. The minimum atomic E-state index is -0.874. The molecule has 1 amide bonds. The van der Waals surface area contributed by atoms with Crippen LogP contribution in [0.25, 0.3) is 0 Å². The lowest BCUT2D eigenvalue weighted by Crippen LogP contribution is -2.34. The maximum absolute atomic E-state index is 12.0. The average Bonchev–Trinajstić information content (AvgIpc) is 2.51. The van der Waals surface area contributed by atoms with Crippen molar-refractivity contribution >= 4 is 35.1 Å². The number of ether oxygens (including phenoxy) is 1. The number of hydrogen-bond acceptors (Lipinski definition) is 5. The van der Waals surface area contributed by atoms with E-state index in [0.717, 1.165) is 0 Å². The molecule has 0 fully saturated rings. The van der Waals surface area contributed by atoms with Gasteiger partial charge in [0.1, 0.15) is 23.0 Å². The molecule has 4 N–H and O–H groups in total. The van der Waals surface area contributed by atoms with Gasteiger partial charge in [0.15, 0.2) is 0 Å². The number of aromatic nitrogens is 1. The third-order valence-corrected chi connectivity index (χ3v) is 3.56. The van der Waals surface area contributed by atoms with E-state index in [1.165, 1.54) is 0 Å². The van der Waals surface area contributed by atoms with Gasteiger partial charge in [0, 0.05) is 5.56 Å². The molecule has 24 heavy (non-hydrogen) atoms. The van der Waals surface area contributed by atoms with Gasteiger partial charge >= 0.3 is 5.97 Å². The van der Waals surface area contributed by atoms with E-state index in [-0.39, 0.29) is 23.3 Å². The monoisotopic (exact) mass is 367 g/mol. The van der Waals surface area contributed by atoms with Gasteiger partial charge in [0.05, 0.1) is 0 Å². The molecule has 2 rings (SSSR count). The van der Waals surface area contributed by atoms with Crippen molar-refractivity contribution in [1.29, 1.82) is 0 Å². The summed E-state index contributed by atoms with van der Waals surface area (Å²) in [5.41, 5.74) is 12.7. The van der Waals surface area contributed by atoms with E-state index < -0.39 is 17.9 Å². The molecular weight excluding hydrogens is 353 g/mol. The Bertz CT molecular complexity index is 748. The van der Waals surface area contributed by atoms with Crippen molar-refractivity contribution in [2.75, 3.05) is 0 Å². The summed E-state index contributed by atoms with van der Waals surface area (Å²) in [5.74, 6) is -1.12. The van der Waals surface area contributed by atoms with Crippen LogP contribution in [0.1, 0.15) is 21.5 Å². The van der Waals surface area contributed by atoms with Gasteiger partial charge < -0.3 is 16.2 Å². The molecule has 2 aromatic rings. The molecule has 0 radical (unpaired) electrons. The molecule has 0 saturated heterocycles. The van der Waals surface area contributed by atoms with Crippen LogP contribution in [0.3, 0.4) is 0 Å². The van der Waals surface area contributed by atoms with Gasteiger partial charge in [-0.05, 0) is 41.8 Å². The van der Waals surface area contributed by atoms with Gasteiger partial charge in [0.2, 0.25) is 5.91 Å². The Kier molecular flexibility index (Phi) is 6.14. The standard InChI is InChI=1S/C16H15Cl2N3O3/c17-13-6-10(7-14(18)21-13)8-24-16(23)12(19)5-9-2-1-3-11(4-9)15(20)22/h1-4,6-7,12H,5,8,19H2,(H2,20,22)/t12-/m0/s1. The minimum Gasteiger partial charge on any atom is -0.460 e. The lowest BCUT2D eigenvalue weighted by molar-refractivity contribution is -0.146. The van der Waals surface area contributed by atoms with Crippen LogP contribution in [0.5, 0.6) is 0 Å². The van der Waals surface area contributed by atoms with E-state index in [1.54, 1.807) is 36.4 Å². The van der Waals surface area contributed by atoms with Crippen LogP contribution in [-0.2, 0) is 22.6 Å². The summed E-state index contributed by atoms with van der Waals surface area (Å²) in [7, 11) is 0. The first-order valence-electron chi connectivity index (χ1n) is 6.98. The molecule has 8 heteroatoms. The van der Waals surface area contributed by atoms with Crippen molar-refractivity contribution in [2.45, 2.75) is 19.1 Å². The van der Waals surface area contributed by atoms with Gasteiger partial charge in [0.25, 0.3) is 0 Å². The number of hydrogen-bond donors (Lipinski definition) is 2. The molecule has 1 heterocycles. The van der Waals surface area contributed by atoms with Crippen molar-refractivity contribution in [3.05, 3.63) is 63.4 Å². The molecule has 0 aliphatic heterocycles. The Morgan fingerprint density at radius 1 is 1.12 bits per heavy atom. The van der Waals surface area contributed by atoms with Crippen LogP contribution in [0, 0.1) is 0 Å². The number of esters is 1. The Labute approximate surface area is 148 Å². The molecule has 1 aromatic heterocycles. The zero-order chi connectivity index (χ0) is 17.7. The summed E-state index contributed by atoms with van der Waals surface area (Å²) >= 11 is 11.6. The highest BCUT2D eigenvalue weighted by Crippen LogP contribution is 2.15. The molecule has 0 unspecified atom stereocenters. The topological polar surface area (TPSA) is 108 Å². The van der Waals surface area contributed by atoms with E-state index in [1.807, 2.05) is 0 Å². The van der Waals surface area contributed by atoms with E-state index in [4.69, 9.17) is 39.4 Å². The second-order valence-corrected chi connectivity index (χ2v) is 5.88. The molecule has 0 bridgehead atoms. The summed E-state index contributed by atoms with van der Waals surface area (Å²) in [4.78, 5) is 27.0. The number of pyridine rings is 1. The number of nitrogens with two attached hydrogens (primary N) is 2. The van der Waals surface area contributed by atoms with Crippen molar-refractivity contribution in [3.63, 3.8) is 0 Å². The van der Waals surface area contributed by atoms with E-state index in [9.17, 15) is 9.59 Å². The van der Waals surface area contributed by atoms with Crippen LogP contribution in [0.2, 0.25) is 10.3 Å². The SMILES string of the molecule is NC(=O)c1cccc(C[C@H](N)C(=O)OCc2cc(Cl)nc(Cl)c2)c1. The first-order chi connectivity index (χ1) is 11.3. The normalized spacial score (nSPS) is 11.8. The maximum Gasteiger partial charge on any atom is 0.323 e. The number of primary amides is 1. The molecule has 0 saturated carbocycles. The van der Waals surface area contributed by atoms with Gasteiger partial charge in [-0.2, -0.15) is 0 Å². The number of amides is 1. The lowest BCUT2D eigenvalue weighted by atomic mass is 10.0. The quantitative estimate of drug-likeness (QED) is 0.600.